The zero-order valence-corrected chi connectivity index (χ0v) is 13.4. The van der Waals surface area contributed by atoms with Crippen LogP contribution in [0.25, 0.3) is 11.0 Å². The SMILES string of the molecule is Cc1ccc2c(c1)nc(CCNC(C)C)n2CC(C)C. The smallest absolute Gasteiger partial charge is 0.111 e. The van der Waals surface area contributed by atoms with Crippen LogP contribution in [0.15, 0.2) is 18.2 Å². The number of nitrogens with one attached hydrogen (secondary N) is 1. The Bertz CT molecular complexity index is 567. The highest BCUT2D eigenvalue weighted by Crippen LogP contribution is 2.19. The normalized spacial score (nSPS) is 11.9. The lowest BCUT2D eigenvalue weighted by molar-refractivity contribution is 0.507. The molecule has 0 saturated heterocycles. The van der Waals surface area contributed by atoms with Gasteiger partial charge in [-0.25, -0.2) is 4.98 Å². The van der Waals surface area contributed by atoms with E-state index >= 15 is 0 Å². The Morgan fingerprint density at radius 2 is 1.95 bits per heavy atom. The van der Waals surface area contributed by atoms with Gasteiger partial charge in [0.15, 0.2) is 0 Å². The number of rotatable bonds is 6. The highest BCUT2D eigenvalue weighted by molar-refractivity contribution is 5.76. The van der Waals surface area contributed by atoms with Crippen molar-refractivity contribution in [3.63, 3.8) is 0 Å². The van der Waals surface area contributed by atoms with Crippen molar-refractivity contribution in [2.24, 2.45) is 5.92 Å². The number of benzene rings is 1. The maximum Gasteiger partial charge on any atom is 0.111 e. The summed E-state index contributed by atoms with van der Waals surface area (Å²) >= 11 is 0. The van der Waals surface area contributed by atoms with Gasteiger partial charge < -0.3 is 9.88 Å². The van der Waals surface area contributed by atoms with Crippen molar-refractivity contribution in [3.8, 4) is 0 Å². The van der Waals surface area contributed by atoms with Crippen molar-refractivity contribution >= 4 is 11.0 Å². The standard InChI is InChI=1S/C17H27N3/c1-12(2)11-20-16-7-6-14(5)10-15(16)19-17(20)8-9-18-13(3)4/h6-7,10,12-13,18H,8-9,11H2,1-5H3. The molecule has 0 amide bonds. The molecule has 1 aromatic heterocycles. The van der Waals surface area contributed by atoms with Gasteiger partial charge >= 0.3 is 0 Å². The summed E-state index contributed by atoms with van der Waals surface area (Å²) < 4.78 is 2.39. The summed E-state index contributed by atoms with van der Waals surface area (Å²) in [6.45, 7) is 13.0. The summed E-state index contributed by atoms with van der Waals surface area (Å²) in [5, 5.41) is 3.48. The fraction of sp³-hybridized carbons (Fsp3) is 0.588. The van der Waals surface area contributed by atoms with Gasteiger partial charge in [-0.05, 0) is 30.5 Å². The first-order valence-electron chi connectivity index (χ1n) is 7.66. The Morgan fingerprint density at radius 3 is 2.60 bits per heavy atom. The van der Waals surface area contributed by atoms with Crippen molar-refractivity contribution in [1.82, 2.24) is 14.9 Å². The Hall–Kier alpha value is -1.35. The molecule has 3 heteroatoms. The molecule has 1 heterocycles. The molecule has 0 unspecified atom stereocenters. The van der Waals surface area contributed by atoms with Crippen LogP contribution in [0.5, 0.6) is 0 Å². The Labute approximate surface area is 122 Å². The third-order valence-corrected chi connectivity index (χ3v) is 3.43. The molecule has 2 aromatic rings. The summed E-state index contributed by atoms with van der Waals surface area (Å²) in [5.74, 6) is 1.83. The number of aromatic nitrogens is 2. The number of nitrogens with zero attached hydrogens (tertiary/aromatic N) is 2. The highest BCUT2D eigenvalue weighted by Gasteiger charge is 2.11. The number of imidazole rings is 1. The van der Waals surface area contributed by atoms with Gasteiger partial charge in [-0.2, -0.15) is 0 Å². The van der Waals surface area contributed by atoms with E-state index in [1.165, 1.54) is 16.9 Å². The third-order valence-electron chi connectivity index (χ3n) is 3.43. The molecular weight excluding hydrogens is 246 g/mol. The van der Waals surface area contributed by atoms with Crippen LogP contribution in [0.3, 0.4) is 0 Å². The molecule has 20 heavy (non-hydrogen) atoms. The van der Waals surface area contributed by atoms with E-state index in [2.05, 4.69) is 62.7 Å². The summed E-state index contributed by atoms with van der Waals surface area (Å²) in [6, 6.07) is 7.10. The van der Waals surface area contributed by atoms with Crippen LogP contribution in [0.2, 0.25) is 0 Å². The summed E-state index contributed by atoms with van der Waals surface area (Å²) in [6.07, 6.45) is 0.985. The molecule has 3 nitrogen and oxygen atoms in total. The van der Waals surface area contributed by atoms with E-state index in [1.807, 2.05) is 0 Å². The maximum absolute atomic E-state index is 4.85. The van der Waals surface area contributed by atoms with Crippen LogP contribution in [0, 0.1) is 12.8 Å². The van der Waals surface area contributed by atoms with E-state index in [-0.39, 0.29) is 0 Å². The van der Waals surface area contributed by atoms with E-state index in [9.17, 15) is 0 Å². The lowest BCUT2D eigenvalue weighted by atomic mass is 10.2. The van der Waals surface area contributed by atoms with Gasteiger partial charge in [0.2, 0.25) is 0 Å². The van der Waals surface area contributed by atoms with Crippen LogP contribution in [-0.4, -0.2) is 22.1 Å². The fourth-order valence-electron chi connectivity index (χ4n) is 2.52. The highest BCUT2D eigenvalue weighted by atomic mass is 15.1. The molecule has 2 rings (SSSR count). The van der Waals surface area contributed by atoms with E-state index in [0.29, 0.717) is 12.0 Å². The molecule has 0 aliphatic heterocycles. The van der Waals surface area contributed by atoms with Crippen molar-refractivity contribution in [3.05, 3.63) is 29.6 Å². The van der Waals surface area contributed by atoms with Crippen LogP contribution < -0.4 is 5.32 Å². The van der Waals surface area contributed by atoms with Crippen LogP contribution in [0.4, 0.5) is 0 Å². The minimum absolute atomic E-state index is 0.528. The first-order chi connectivity index (χ1) is 9.47. The number of hydrogen-bond acceptors (Lipinski definition) is 2. The van der Waals surface area contributed by atoms with Gasteiger partial charge in [-0.1, -0.05) is 33.8 Å². The zero-order chi connectivity index (χ0) is 14.7. The second-order valence-electron chi connectivity index (χ2n) is 6.38. The predicted molar refractivity (Wildman–Crippen MR) is 86.2 cm³/mol. The maximum atomic E-state index is 4.85. The molecule has 0 spiro atoms. The molecule has 0 fully saturated rings. The van der Waals surface area contributed by atoms with Gasteiger partial charge in [-0.3, -0.25) is 0 Å². The van der Waals surface area contributed by atoms with E-state index in [0.717, 1.165) is 25.0 Å². The molecule has 0 saturated carbocycles. The average Bonchev–Trinajstić information content (AvgIpc) is 2.65. The number of fused-ring (bicyclic) bond motifs is 1. The lowest BCUT2D eigenvalue weighted by Crippen LogP contribution is -2.26. The molecular formula is C17H27N3. The van der Waals surface area contributed by atoms with Crippen molar-refractivity contribution < 1.29 is 0 Å². The van der Waals surface area contributed by atoms with Crippen LogP contribution in [-0.2, 0) is 13.0 Å². The zero-order valence-electron chi connectivity index (χ0n) is 13.4. The van der Waals surface area contributed by atoms with Gasteiger partial charge in [-0.15, -0.1) is 0 Å². The molecule has 1 N–H and O–H groups in total. The first kappa shape index (κ1) is 15.0. The quantitative estimate of drug-likeness (QED) is 0.872. The molecule has 0 bridgehead atoms. The number of aryl methyl sites for hydroxylation is 1. The van der Waals surface area contributed by atoms with Gasteiger partial charge in [0.05, 0.1) is 11.0 Å². The largest absolute Gasteiger partial charge is 0.328 e. The van der Waals surface area contributed by atoms with Gasteiger partial charge in [0, 0.05) is 25.6 Å². The summed E-state index contributed by atoms with van der Waals surface area (Å²) in [5.41, 5.74) is 3.67. The monoisotopic (exact) mass is 273 g/mol. The predicted octanol–water partition coefficient (Wildman–Crippen LogP) is 3.54. The van der Waals surface area contributed by atoms with E-state index in [1.54, 1.807) is 0 Å². The molecule has 110 valence electrons. The Kier molecular flexibility index (Phi) is 4.81. The van der Waals surface area contributed by atoms with Gasteiger partial charge in [0.1, 0.15) is 5.82 Å². The summed E-state index contributed by atoms with van der Waals surface area (Å²) in [4.78, 5) is 4.85. The van der Waals surface area contributed by atoms with Crippen LogP contribution in [0.1, 0.15) is 39.1 Å². The average molecular weight is 273 g/mol. The van der Waals surface area contributed by atoms with Crippen molar-refractivity contribution in [1.29, 1.82) is 0 Å². The first-order valence-corrected chi connectivity index (χ1v) is 7.66. The van der Waals surface area contributed by atoms with Crippen LogP contribution >= 0.6 is 0 Å². The molecule has 0 aliphatic carbocycles. The topological polar surface area (TPSA) is 29.9 Å². The minimum Gasteiger partial charge on any atom is -0.328 e. The van der Waals surface area contributed by atoms with E-state index < -0.39 is 0 Å². The molecule has 0 atom stereocenters. The molecule has 0 radical (unpaired) electrons. The minimum atomic E-state index is 0.528. The van der Waals surface area contributed by atoms with Crippen molar-refractivity contribution in [2.75, 3.05) is 6.54 Å². The lowest BCUT2D eigenvalue weighted by Gasteiger charge is -2.13. The molecule has 1 aromatic carbocycles. The second kappa shape index (κ2) is 6.40. The Morgan fingerprint density at radius 1 is 1.20 bits per heavy atom. The Balaban J connectivity index is 2.30. The molecule has 0 aliphatic rings. The fourth-order valence-corrected chi connectivity index (χ4v) is 2.52. The van der Waals surface area contributed by atoms with Crippen molar-refractivity contribution in [2.45, 2.75) is 53.6 Å². The van der Waals surface area contributed by atoms with E-state index in [4.69, 9.17) is 4.98 Å². The van der Waals surface area contributed by atoms with Gasteiger partial charge in [0.25, 0.3) is 0 Å². The second-order valence-corrected chi connectivity index (χ2v) is 6.38. The summed E-state index contributed by atoms with van der Waals surface area (Å²) in [7, 11) is 0. The number of hydrogen-bond donors (Lipinski definition) is 1. The third kappa shape index (κ3) is 3.60.